The van der Waals surface area contributed by atoms with E-state index in [2.05, 4.69) is 5.32 Å². The zero-order valence-corrected chi connectivity index (χ0v) is 17.7. The molecule has 0 aromatic heterocycles. The third-order valence-electron chi connectivity index (χ3n) is 5.03. The van der Waals surface area contributed by atoms with E-state index < -0.39 is 6.04 Å². The maximum absolute atomic E-state index is 13.3. The molecule has 160 valence electrons. The number of nitrogens with two attached hydrogens (primary N) is 1. The summed E-state index contributed by atoms with van der Waals surface area (Å²) in [5, 5.41) is 2.76. The third kappa shape index (κ3) is 5.69. The van der Waals surface area contributed by atoms with Gasteiger partial charge in [0.25, 0.3) is 5.91 Å². The van der Waals surface area contributed by atoms with Crippen LogP contribution in [0.15, 0.2) is 24.3 Å². The van der Waals surface area contributed by atoms with Crippen molar-refractivity contribution in [1.82, 2.24) is 15.1 Å². The number of amides is 3. The molecule has 1 saturated heterocycles. The van der Waals surface area contributed by atoms with Gasteiger partial charge < -0.3 is 25.6 Å². The SMILES string of the molecule is COc1ccc(C(=O)N(CC(C)C)C2CC(C(=O)NCCN)N(C(C)=O)C2)cc1. The van der Waals surface area contributed by atoms with Crippen LogP contribution in [0.4, 0.5) is 0 Å². The number of hydrogen-bond donors (Lipinski definition) is 2. The molecule has 0 bridgehead atoms. The van der Waals surface area contributed by atoms with Crippen LogP contribution in [-0.4, -0.2) is 72.9 Å². The highest BCUT2D eigenvalue weighted by atomic mass is 16.5. The molecule has 2 rings (SSSR count). The highest BCUT2D eigenvalue weighted by molar-refractivity contribution is 5.95. The highest BCUT2D eigenvalue weighted by Crippen LogP contribution is 2.25. The van der Waals surface area contributed by atoms with Crippen LogP contribution in [0.25, 0.3) is 0 Å². The standard InChI is InChI=1S/C21H32N4O4/c1-14(2)12-25(21(28)16-5-7-18(29-4)8-6-16)17-11-19(20(27)23-10-9-22)24(13-17)15(3)26/h5-8,14,17,19H,9-13,22H2,1-4H3,(H,23,27). The third-order valence-corrected chi connectivity index (χ3v) is 5.03. The quantitative estimate of drug-likeness (QED) is 0.669. The molecule has 29 heavy (non-hydrogen) atoms. The topological polar surface area (TPSA) is 105 Å². The van der Waals surface area contributed by atoms with Gasteiger partial charge in [0.1, 0.15) is 11.8 Å². The maximum atomic E-state index is 13.3. The molecule has 3 amide bonds. The smallest absolute Gasteiger partial charge is 0.254 e. The number of hydrogen-bond acceptors (Lipinski definition) is 5. The molecule has 1 aliphatic heterocycles. The molecular formula is C21H32N4O4. The molecule has 1 heterocycles. The van der Waals surface area contributed by atoms with Crippen molar-refractivity contribution >= 4 is 17.7 Å². The van der Waals surface area contributed by atoms with Crippen LogP contribution in [0, 0.1) is 5.92 Å². The monoisotopic (exact) mass is 404 g/mol. The van der Waals surface area contributed by atoms with E-state index in [1.165, 1.54) is 6.92 Å². The number of carbonyl (C=O) groups is 3. The van der Waals surface area contributed by atoms with Crippen LogP contribution in [0.2, 0.25) is 0 Å². The molecule has 2 atom stereocenters. The van der Waals surface area contributed by atoms with Crippen LogP contribution in [0.1, 0.15) is 37.6 Å². The number of carbonyl (C=O) groups excluding carboxylic acids is 3. The van der Waals surface area contributed by atoms with Gasteiger partial charge in [0.05, 0.1) is 13.2 Å². The lowest BCUT2D eigenvalue weighted by Gasteiger charge is -2.30. The molecule has 1 fully saturated rings. The minimum atomic E-state index is -0.595. The van der Waals surface area contributed by atoms with Gasteiger partial charge in [-0.15, -0.1) is 0 Å². The fourth-order valence-electron chi connectivity index (χ4n) is 3.64. The van der Waals surface area contributed by atoms with Gasteiger partial charge in [0, 0.05) is 38.7 Å². The minimum absolute atomic E-state index is 0.113. The predicted molar refractivity (Wildman–Crippen MR) is 111 cm³/mol. The summed E-state index contributed by atoms with van der Waals surface area (Å²) in [7, 11) is 1.58. The molecule has 0 spiro atoms. The molecule has 3 N–H and O–H groups in total. The number of nitrogens with one attached hydrogen (secondary N) is 1. The van der Waals surface area contributed by atoms with Crippen molar-refractivity contribution < 1.29 is 19.1 Å². The zero-order valence-electron chi connectivity index (χ0n) is 17.7. The average Bonchev–Trinajstić information content (AvgIpc) is 3.15. The van der Waals surface area contributed by atoms with Gasteiger partial charge in [-0.3, -0.25) is 14.4 Å². The fourth-order valence-corrected chi connectivity index (χ4v) is 3.64. The van der Waals surface area contributed by atoms with Crippen molar-refractivity contribution in [3.05, 3.63) is 29.8 Å². The Balaban J connectivity index is 2.25. The van der Waals surface area contributed by atoms with E-state index in [9.17, 15) is 14.4 Å². The van der Waals surface area contributed by atoms with E-state index in [0.29, 0.717) is 43.9 Å². The largest absolute Gasteiger partial charge is 0.497 e. The second-order valence-corrected chi connectivity index (χ2v) is 7.74. The van der Waals surface area contributed by atoms with Gasteiger partial charge in [-0.2, -0.15) is 0 Å². The lowest BCUT2D eigenvalue weighted by molar-refractivity contribution is -0.136. The molecule has 1 aliphatic rings. The van der Waals surface area contributed by atoms with E-state index in [4.69, 9.17) is 10.5 Å². The van der Waals surface area contributed by atoms with Crippen molar-refractivity contribution in [3.63, 3.8) is 0 Å². The lowest BCUT2D eigenvalue weighted by atomic mass is 10.1. The van der Waals surface area contributed by atoms with Crippen LogP contribution >= 0.6 is 0 Å². The molecule has 1 aromatic carbocycles. The van der Waals surface area contributed by atoms with Gasteiger partial charge in [-0.1, -0.05) is 13.8 Å². The van der Waals surface area contributed by atoms with Crippen molar-refractivity contribution in [3.8, 4) is 5.75 Å². The molecule has 0 radical (unpaired) electrons. The molecule has 8 nitrogen and oxygen atoms in total. The summed E-state index contributed by atoms with van der Waals surface area (Å²) in [4.78, 5) is 41.3. The second kappa shape index (κ2) is 10.2. The number of benzene rings is 1. The molecule has 2 unspecified atom stereocenters. The summed E-state index contributed by atoms with van der Waals surface area (Å²) in [6.45, 7) is 7.09. The predicted octanol–water partition coefficient (Wildman–Crippen LogP) is 0.858. The number of methoxy groups -OCH3 is 1. The van der Waals surface area contributed by atoms with Crippen LogP contribution < -0.4 is 15.8 Å². The van der Waals surface area contributed by atoms with Gasteiger partial charge in [-0.05, 0) is 36.6 Å². The summed E-state index contributed by atoms with van der Waals surface area (Å²) in [6, 6.07) is 6.14. The Morgan fingerprint density at radius 2 is 1.93 bits per heavy atom. The van der Waals surface area contributed by atoms with Gasteiger partial charge in [-0.25, -0.2) is 0 Å². The van der Waals surface area contributed by atoms with Crippen molar-refractivity contribution in [2.45, 2.75) is 39.3 Å². The first-order chi connectivity index (χ1) is 13.8. The maximum Gasteiger partial charge on any atom is 0.254 e. The fraction of sp³-hybridized carbons (Fsp3) is 0.571. The van der Waals surface area contributed by atoms with Gasteiger partial charge >= 0.3 is 0 Å². The summed E-state index contributed by atoms with van der Waals surface area (Å²) in [6.07, 6.45) is 0.407. The molecule has 1 aromatic rings. The number of likely N-dealkylation sites (tertiary alicyclic amines) is 1. The average molecular weight is 405 g/mol. The minimum Gasteiger partial charge on any atom is -0.497 e. The molecule has 8 heteroatoms. The number of rotatable bonds is 8. The zero-order chi connectivity index (χ0) is 21.6. The Labute approximate surface area is 172 Å². The van der Waals surface area contributed by atoms with Crippen LogP contribution in [-0.2, 0) is 9.59 Å². The first kappa shape index (κ1) is 22.7. The number of nitrogens with zero attached hydrogens (tertiary/aromatic N) is 2. The molecule has 0 saturated carbocycles. The Bertz CT molecular complexity index is 720. The van der Waals surface area contributed by atoms with E-state index >= 15 is 0 Å². The van der Waals surface area contributed by atoms with Crippen molar-refractivity contribution in [2.75, 3.05) is 33.3 Å². The van der Waals surface area contributed by atoms with Gasteiger partial charge in [0.2, 0.25) is 11.8 Å². The van der Waals surface area contributed by atoms with E-state index in [1.54, 1.807) is 41.2 Å². The Morgan fingerprint density at radius 1 is 1.28 bits per heavy atom. The summed E-state index contributed by atoms with van der Waals surface area (Å²) in [5.74, 6) is 0.402. The van der Waals surface area contributed by atoms with E-state index in [0.717, 1.165) is 0 Å². The van der Waals surface area contributed by atoms with Crippen LogP contribution in [0.3, 0.4) is 0 Å². The lowest BCUT2D eigenvalue weighted by Crippen LogP contribution is -2.46. The Kier molecular flexibility index (Phi) is 8.01. The van der Waals surface area contributed by atoms with Crippen molar-refractivity contribution in [1.29, 1.82) is 0 Å². The highest BCUT2D eigenvalue weighted by Gasteiger charge is 2.42. The first-order valence-corrected chi connectivity index (χ1v) is 9.98. The van der Waals surface area contributed by atoms with E-state index in [1.807, 2.05) is 13.8 Å². The first-order valence-electron chi connectivity index (χ1n) is 9.98. The number of ether oxygens (including phenoxy) is 1. The summed E-state index contributed by atoms with van der Waals surface area (Å²) < 4.78 is 5.16. The Hall–Kier alpha value is -2.61. The second-order valence-electron chi connectivity index (χ2n) is 7.74. The van der Waals surface area contributed by atoms with Gasteiger partial charge in [0.15, 0.2) is 0 Å². The molecule has 0 aliphatic carbocycles. The Morgan fingerprint density at radius 3 is 2.45 bits per heavy atom. The normalized spacial score (nSPS) is 18.6. The summed E-state index contributed by atoms with van der Waals surface area (Å²) in [5.41, 5.74) is 6.02. The molecular weight excluding hydrogens is 372 g/mol. The van der Waals surface area contributed by atoms with E-state index in [-0.39, 0.29) is 29.7 Å². The van der Waals surface area contributed by atoms with Crippen molar-refractivity contribution in [2.24, 2.45) is 11.7 Å². The summed E-state index contributed by atoms with van der Waals surface area (Å²) >= 11 is 0. The van der Waals surface area contributed by atoms with Crippen LogP contribution in [0.5, 0.6) is 5.75 Å².